The van der Waals surface area contributed by atoms with Crippen LogP contribution in [-0.2, 0) is 34.4 Å². The first-order valence-electron chi connectivity index (χ1n) is 9.80. The van der Waals surface area contributed by atoms with Gasteiger partial charge in [-0.1, -0.05) is 48.0 Å². The first kappa shape index (κ1) is 22.9. The van der Waals surface area contributed by atoms with Crippen LogP contribution < -0.4 is 14.8 Å². The third-order valence-corrected chi connectivity index (χ3v) is 6.55. The van der Waals surface area contributed by atoms with Crippen molar-refractivity contribution in [1.29, 1.82) is 0 Å². The van der Waals surface area contributed by atoms with Gasteiger partial charge in [-0.25, -0.2) is 18.1 Å². The van der Waals surface area contributed by atoms with Crippen LogP contribution in [-0.4, -0.2) is 31.6 Å². The molecule has 3 rings (SSSR count). The van der Waals surface area contributed by atoms with Crippen molar-refractivity contribution in [3.8, 4) is 5.75 Å². The predicted molar refractivity (Wildman–Crippen MR) is 121 cm³/mol. The minimum Gasteiger partial charge on any atom is -0.486 e. The van der Waals surface area contributed by atoms with Gasteiger partial charge in [0.25, 0.3) is 0 Å². The molecular formula is C22H25N3O4S2. The third-order valence-electron chi connectivity index (χ3n) is 4.36. The van der Waals surface area contributed by atoms with Gasteiger partial charge < -0.3 is 10.1 Å². The quantitative estimate of drug-likeness (QED) is 0.460. The van der Waals surface area contributed by atoms with E-state index in [0.29, 0.717) is 12.3 Å². The summed E-state index contributed by atoms with van der Waals surface area (Å²) in [5, 5.41) is 5.22. The van der Waals surface area contributed by atoms with Crippen molar-refractivity contribution in [3.63, 3.8) is 0 Å². The average molecular weight is 460 g/mol. The van der Waals surface area contributed by atoms with Gasteiger partial charge in [0, 0.05) is 18.5 Å². The molecule has 1 heterocycles. The van der Waals surface area contributed by atoms with Gasteiger partial charge in [-0.2, -0.15) is 0 Å². The van der Waals surface area contributed by atoms with Crippen LogP contribution in [0.3, 0.4) is 0 Å². The summed E-state index contributed by atoms with van der Waals surface area (Å²) in [6, 6.07) is 17.0. The van der Waals surface area contributed by atoms with E-state index < -0.39 is 10.0 Å². The molecule has 0 radical (unpaired) electrons. The zero-order valence-corrected chi connectivity index (χ0v) is 18.8. The molecule has 0 atom stereocenters. The van der Waals surface area contributed by atoms with E-state index in [0.717, 1.165) is 21.9 Å². The summed E-state index contributed by atoms with van der Waals surface area (Å²) in [4.78, 5) is 16.5. The van der Waals surface area contributed by atoms with Gasteiger partial charge in [0.1, 0.15) is 17.4 Å². The lowest BCUT2D eigenvalue weighted by Gasteiger charge is -2.08. The summed E-state index contributed by atoms with van der Waals surface area (Å²) in [6.07, 6.45) is 0.0958. The Morgan fingerprint density at radius 3 is 2.58 bits per heavy atom. The van der Waals surface area contributed by atoms with Crippen molar-refractivity contribution in [2.24, 2.45) is 0 Å². The Bertz CT molecular complexity index is 1080. The number of benzene rings is 2. The molecule has 3 aromatic rings. The fourth-order valence-corrected chi connectivity index (χ4v) is 4.30. The van der Waals surface area contributed by atoms with E-state index in [1.165, 1.54) is 11.3 Å². The molecule has 1 amide bonds. The molecule has 0 fully saturated rings. The van der Waals surface area contributed by atoms with E-state index >= 15 is 0 Å². The lowest BCUT2D eigenvalue weighted by molar-refractivity contribution is -0.120. The number of ether oxygens (including phenoxy) is 1. The maximum absolute atomic E-state index is 12.1. The van der Waals surface area contributed by atoms with Gasteiger partial charge in [0.05, 0.1) is 17.9 Å². The van der Waals surface area contributed by atoms with Crippen molar-refractivity contribution < 1.29 is 17.9 Å². The number of hydrogen-bond donors (Lipinski definition) is 2. The number of hydrogen-bond acceptors (Lipinski definition) is 6. The Kier molecular flexibility index (Phi) is 8.16. The molecule has 0 aliphatic carbocycles. The minimum atomic E-state index is -3.48. The van der Waals surface area contributed by atoms with Crippen molar-refractivity contribution in [3.05, 3.63) is 81.8 Å². The summed E-state index contributed by atoms with van der Waals surface area (Å²) in [5.74, 6) is 0.315. The molecule has 0 saturated carbocycles. The Hall–Kier alpha value is -2.75. The zero-order valence-electron chi connectivity index (χ0n) is 17.2. The Morgan fingerprint density at radius 1 is 1.10 bits per heavy atom. The SMILES string of the molecule is Cc1ccc(OCc2nc(CC(=O)NCCS(=O)(=O)NCc3ccccc3)cs2)cc1. The molecule has 0 saturated heterocycles. The molecule has 0 aliphatic heterocycles. The molecule has 7 nitrogen and oxygen atoms in total. The molecule has 9 heteroatoms. The van der Waals surface area contributed by atoms with Crippen molar-refractivity contribution in [2.45, 2.75) is 26.5 Å². The monoisotopic (exact) mass is 459 g/mol. The van der Waals surface area contributed by atoms with Gasteiger partial charge in [-0.05, 0) is 24.6 Å². The van der Waals surface area contributed by atoms with Crippen LogP contribution in [0.2, 0.25) is 0 Å². The standard InChI is InChI=1S/C22H25N3O4S2/c1-17-7-9-20(10-8-17)29-15-22-25-19(16-30-22)13-21(26)23-11-12-31(27,28)24-14-18-5-3-2-4-6-18/h2-10,16,24H,11-15H2,1H3,(H,23,26). The second kappa shape index (κ2) is 11.0. The van der Waals surface area contributed by atoms with E-state index in [9.17, 15) is 13.2 Å². The summed E-state index contributed by atoms with van der Waals surface area (Å²) >= 11 is 1.42. The molecule has 0 unspecified atom stereocenters. The molecular weight excluding hydrogens is 434 g/mol. The number of nitrogens with one attached hydrogen (secondary N) is 2. The van der Waals surface area contributed by atoms with E-state index in [2.05, 4.69) is 15.0 Å². The number of carbonyl (C=O) groups excluding carboxylic acids is 1. The van der Waals surface area contributed by atoms with E-state index in [-0.39, 0.29) is 31.2 Å². The first-order valence-corrected chi connectivity index (χ1v) is 12.3. The molecule has 0 bridgehead atoms. The molecule has 2 aromatic carbocycles. The number of amides is 1. The fourth-order valence-electron chi connectivity index (χ4n) is 2.69. The van der Waals surface area contributed by atoms with Crippen LogP contribution in [0.15, 0.2) is 60.0 Å². The highest BCUT2D eigenvalue weighted by molar-refractivity contribution is 7.89. The fraction of sp³-hybridized carbons (Fsp3) is 0.273. The third kappa shape index (κ3) is 8.12. The number of aryl methyl sites for hydroxylation is 1. The van der Waals surface area contributed by atoms with Crippen LogP contribution >= 0.6 is 11.3 Å². The van der Waals surface area contributed by atoms with Gasteiger partial charge in [-0.3, -0.25) is 4.79 Å². The zero-order chi connectivity index (χ0) is 22.1. The van der Waals surface area contributed by atoms with Gasteiger partial charge in [-0.15, -0.1) is 11.3 Å². The molecule has 1 aromatic heterocycles. The topological polar surface area (TPSA) is 97.4 Å². The van der Waals surface area contributed by atoms with Gasteiger partial charge >= 0.3 is 0 Å². The molecule has 0 aliphatic rings. The normalized spacial score (nSPS) is 11.3. The predicted octanol–water partition coefficient (Wildman–Crippen LogP) is 2.81. The van der Waals surface area contributed by atoms with Crippen LogP contribution in [0.5, 0.6) is 5.75 Å². The van der Waals surface area contributed by atoms with Gasteiger partial charge in [0.15, 0.2) is 0 Å². The summed E-state index contributed by atoms with van der Waals surface area (Å²) in [7, 11) is -3.48. The molecule has 2 N–H and O–H groups in total. The Morgan fingerprint density at radius 2 is 1.84 bits per heavy atom. The first-order chi connectivity index (χ1) is 14.9. The van der Waals surface area contributed by atoms with E-state index in [1.807, 2.05) is 66.9 Å². The van der Waals surface area contributed by atoms with E-state index in [4.69, 9.17) is 4.74 Å². The second-order valence-corrected chi connectivity index (χ2v) is 9.86. The molecule has 0 spiro atoms. The summed E-state index contributed by atoms with van der Waals surface area (Å²) in [6.45, 7) is 2.61. The highest BCUT2D eigenvalue weighted by Gasteiger charge is 2.12. The number of sulfonamides is 1. The number of nitrogens with zero attached hydrogens (tertiary/aromatic N) is 1. The Labute approximate surface area is 186 Å². The number of rotatable bonds is 11. The molecule has 31 heavy (non-hydrogen) atoms. The minimum absolute atomic E-state index is 0.0382. The number of aromatic nitrogens is 1. The van der Waals surface area contributed by atoms with E-state index in [1.54, 1.807) is 0 Å². The van der Waals surface area contributed by atoms with Crippen molar-refractivity contribution >= 4 is 27.3 Å². The van der Waals surface area contributed by atoms with Gasteiger partial charge in [0.2, 0.25) is 15.9 Å². The largest absolute Gasteiger partial charge is 0.486 e. The lowest BCUT2D eigenvalue weighted by Crippen LogP contribution is -2.34. The maximum Gasteiger partial charge on any atom is 0.226 e. The molecule has 164 valence electrons. The Balaban J connectivity index is 1.37. The van der Waals surface area contributed by atoms with Crippen LogP contribution in [0, 0.1) is 6.92 Å². The van der Waals surface area contributed by atoms with Crippen molar-refractivity contribution in [2.75, 3.05) is 12.3 Å². The summed E-state index contributed by atoms with van der Waals surface area (Å²) < 4.78 is 32.4. The number of thiazole rings is 1. The van der Waals surface area contributed by atoms with Crippen LogP contribution in [0.25, 0.3) is 0 Å². The maximum atomic E-state index is 12.1. The van der Waals surface area contributed by atoms with Crippen molar-refractivity contribution in [1.82, 2.24) is 15.0 Å². The van der Waals surface area contributed by atoms with Crippen LogP contribution in [0.1, 0.15) is 21.8 Å². The highest BCUT2D eigenvalue weighted by atomic mass is 32.2. The second-order valence-electron chi connectivity index (χ2n) is 6.99. The smallest absolute Gasteiger partial charge is 0.226 e. The summed E-state index contributed by atoms with van der Waals surface area (Å²) in [5.41, 5.74) is 2.67. The lowest BCUT2D eigenvalue weighted by atomic mass is 10.2. The highest BCUT2D eigenvalue weighted by Crippen LogP contribution is 2.16. The number of carbonyl (C=O) groups is 1. The van der Waals surface area contributed by atoms with Crippen LogP contribution in [0.4, 0.5) is 0 Å². The average Bonchev–Trinajstić information content (AvgIpc) is 3.20.